The molecule has 0 aromatic rings. The summed E-state index contributed by atoms with van der Waals surface area (Å²) in [6.07, 6.45) is 0. The number of carbonyl (C=O) groups excluding carboxylic acids is 2. The van der Waals surface area contributed by atoms with Gasteiger partial charge < -0.3 is 14.9 Å². The van der Waals surface area contributed by atoms with Gasteiger partial charge in [-0.1, -0.05) is 0 Å². The maximum Gasteiger partial charge on any atom is 0.356 e. The first kappa shape index (κ1) is 12.7. The number of cyclic esters (lactones) is 2. The highest BCUT2D eigenvalue weighted by atomic mass is 16.7. The summed E-state index contributed by atoms with van der Waals surface area (Å²) in [5.74, 6) is -1.49. The number of nitrogens with two attached hydrogens (primary N) is 1. The van der Waals surface area contributed by atoms with Crippen LogP contribution in [0.25, 0.3) is 5.41 Å². The molecule has 2 aliphatic rings. The number of aliphatic imine (C=N–C) groups is 1. The average Bonchev–Trinajstić information content (AvgIpc) is 2.69. The summed E-state index contributed by atoms with van der Waals surface area (Å²) in [5.41, 5.74) is -0.594. The van der Waals surface area contributed by atoms with Gasteiger partial charge in [-0.05, 0) is 0 Å². The molecular weight excluding hydrogens is 252 g/mol. The van der Waals surface area contributed by atoms with Crippen molar-refractivity contribution in [3.8, 4) is 6.07 Å². The van der Waals surface area contributed by atoms with E-state index in [1.165, 1.54) is 19.2 Å². The molecule has 0 aromatic carbocycles. The van der Waals surface area contributed by atoms with Crippen LogP contribution in [0.4, 0.5) is 0 Å². The standard InChI is InChI=1S/C11H7N4O4/c1-11(2)18-9(16)7(10(17)19-11)8-14-5(3-12)6(4-13)15-8/h14H,1-2H3/q-1/p+1. The number of rotatable bonds is 0. The second kappa shape index (κ2) is 4.17. The second-order valence-electron chi connectivity index (χ2n) is 4.18. The van der Waals surface area contributed by atoms with Crippen molar-refractivity contribution < 1.29 is 24.4 Å². The van der Waals surface area contributed by atoms with Gasteiger partial charge in [-0.15, -0.1) is 0 Å². The quantitative estimate of drug-likeness (QED) is 0.250. The molecule has 2 heterocycles. The van der Waals surface area contributed by atoms with E-state index in [0.717, 1.165) is 0 Å². The van der Waals surface area contributed by atoms with Crippen molar-refractivity contribution in [2.75, 3.05) is 0 Å². The number of allylic oxidation sites excluding steroid dienone is 1. The Kier molecular flexibility index (Phi) is 2.79. The van der Waals surface area contributed by atoms with Crippen molar-refractivity contribution in [3.05, 3.63) is 22.5 Å². The van der Waals surface area contributed by atoms with Crippen molar-refractivity contribution >= 4 is 23.5 Å². The minimum Gasteiger partial charge on any atom is -0.758 e. The Morgan fingerprint density at radius 2 is 1.89 bits per heavy atom. The summed E-state index contributed by atoms with van der Waals surface area (Å²) in [4.78, 5) is 27.3. The largest absolute Gasteiger partial charge is 0.758 e. The lowest BCUT2D eigenvalue weighted by Gasteiger charge is -2.29. The Labute approximate surface area is 107 Å². The normalized spacial score (nSPS) is 21.3. The molecular formula is C11H8N4O4. The summed E-state index contributed by atoms with van der Waals surface area (Å²) in [7, 11) is 0. The highest BCUT2D eigenvalue weighted by molar-refractivity contribution is 6.19. The van der Waals surface area contributed by atoms with Crippen LogP contribution in [0.1, 0.15) is 13.8 Å². The Morgan fingerprint density at radius 3 is 2.32 bits per heavy atom. The van der Waals surface area contributed by atoms with E-state index in [2.05, 4.69) is 4.99 Å². The summed E-state index contributed by atoms with van der Waals surface area (Å²) < 4.78 is 9.81. The third-order valence-electron chi connectivity index (χ3n) is 2.34. The predicted octanol–water partition coefficient (Wildman–Crippen LogP) is -1.30. The molecule has 0 radical (unpaired) electrons. The molecule has 96 valence electrons. The zero-order chi connectivity index (χ0) is 14.2. The zero-order valence-corrected chi connectivity index (χ0v) is 10.1. The average molecular weight is 260 g/mol. The predicted molar refractivity (Wildman–Crippen MR) is 60.1 cm³/mol. The third kappa shape index (κ3) is 2.15. The molecule has 1 saturated heterocycles. The third-order valence-corrected chi connectivity index (χ3v) is 2.34. The molecule has 0 saturated carbocycles. The first-order valence-corrected chi connectivity index (χ1v) is 5.20. The molecule has 2 aliphatic heterocycles. The van der Waals surface area contributed by atoms with Gasteiger partial charge in [0.2, 0.25) is 11.3 Å². The van der Waals surface area contributed by atoms with Crippen LogP contribution in [0.2, 0.25) is 0 Å². The molecule has 0 spiro atoms. The fraction of sp³-hybridized carbons (Fsp3) is 0.273. The van der Waals surface area contributed by atoms with E-state index in [9.17, 15) is 9.59 Å². The van der Waals surface area contributed by atoms with Crippen LogP contribution in [-0.2, 0) is 19.1 Å². The fourth-order valence-corrected chi connectivity index (χ4v) is 1.58. The van der Waals surface area contributed by atoms with Gasteiger partial charge in [0.1, 0.15) is 6.07 Å². The monoisotopic (exact) mass is 260 g/mol. The van der Waals surface area contributed by atoms with E-state index in [4.69, 9.17) is 20.1 Å². The molecule has 19 heavy (non-hydrogen) atoms. The van der Waals surface area contributed by atoms with Gasteiger partial charge in [-0.3, -0.25) is 5.32 Å². The lowest BCUT2D eigenvalue weighted by Crippen LogP contribution is -2.79. The van der Waals surface area contributed by atoms with Crippen molar-refractivity contribution in [1.29, 1.82) is 5.26 Å². The molecule has 0 amide bonds. The minimum absolute atomic E-state index is 0.0181. The molecule has 0 aromatic heterocycles. The lowest BCUT2D eigenvalue weighted by molar-refractivity contribution is -0.539. The molecule has 0 atom stereocenters. The van der Waals surface area contributed by atoms with Gasteiger partial charge in [0, 0.05) is 13.8 Å². The molecule has 2 rings (SSSR count). The van der Waals surface area contributed by atoms with Gasteiger partial charge >= 0.3 is 11.9 Å². The van der Waals surface area contributed by atoms with E-state index in [0.29, 0.717) is 0 Å². The number of hydrogen-bond donors (Lipinski definition) is 1. The lowest BCUT2D eigenvalue weighted by atomic mass is 10.2. The molecule has 2 N–H and O–H groups in total. The number of carbonyl (C=O) groups is 2. The van der Waals surface area contributed by atoms with Crippen LogP contribution in [0.3, 0.4) is 0 Å². The van der Waals surface area contributed by atoms with Crippen LogP contribution >= 0.6 is 0 Å². The minimum atomic E-state index is -1.35. The molecule has 1 fully saturated rings. The van der Waals surface area contributed by atoms with Gasteiger partial charge in [-0.25, -0.2) is 9.59 Å². The molecule has 0 aliphatic carbocycles. The van der Waals surface area contributed by atoms with Crippen LogP contribution in [-0.4, -0.2) is 29.3 Å². The van der Waals surface area contributed by atoms with E-state index < -0.39 is 23.3 Å². The number of nitrogens with zero attached hydrogens (tertiary/aromatic N) is 3. The summed E-state index contributed by atoms with van der Waals surface area (Å²) >= 11 is 0. The van der Waals surface area contributed by atoms with Crippen molar-refractivity contribution in [2.24, 2.45) is 4.99 Å². The Morgan fingerprint density at radius 1 is 1.32 bits per heavy atom. The van der Waals surface area contributed by atoms with E-state index in [1.807, 2.05) is 0 Å². The summed E-state index contributed by atoms with van der Waals surface area (Å²) in [6.45, 7) is 2.83. The van der Waals surface area contributed by atoms with E-state index in [-0.39, 0.29) is 17.2 Å². The number of ether oxygens (including phenoxy) is 2. The summed E-state index contributed by atoms with van der Waals surface area (Å²) in [6, 6.07) is 1.70. The first-order chi connectivity index (χ1) is 8.88. The second-order valence-corrected chi connectivity index (χ2v) is 4.18. The maximum absolute atomic E-state index is 11.8. The van der Waals surface area contributed by atoms with Crippen LogP contribution < -0.4 is 5.32 Å². The van der Waals surface area contributed by atoms with E-state index >= 15 is 0 Å². The van der Waals surface area contributed by atoms with Crippen molar-refractivity contribution in [3.63, 3.8) is 0 Å². The highest BCUT2D eigenvalue weighted by Crippen LogP contribution is 2.24. The van der Waals surface area contributed by atoms with Crippen molar-refractivity contribution in [2.45, 2.75) is 19.6 Å². The molecule has 8 nitrogen and oxygen atoms in total. The number of nitriles is 1. The maximum atomic E-state index is 11.8. The van der Waals surface area contributed by atoms with Crippen molar-refractivity contribution in [1.82, 2.24) is 0 Å². The molecule has 0 bridgehead atoms. The van der Waals surface area contributed by atoms with Gasteiger partial charge in [0.15, 0.2) is 5.70 Å². The zero-order valence-electron chi connectivity index (χ0n) is 10.1. The Bertz CT molecular complexity index is 622. The Balaban J connectivity index is 2.48. The van der Waals surface area contributed by atoms with Crippen LogP contribution in [0.15, 0.2) is 22.1 Å². The number of quaternary nitrogens is 1. The molecule has 0 unspecified atom stereocenters. The van der Waals surface area contributed by atoms with Gasteiger partial charge in [-0.2, -0.15) is 16.1 Å². The fourth-order valence-electron chi connectivity index (χ4n) is 1.58. The summed E-state index contributed by atoms with van der Waals surface area (Å²) in [5, 5.41) is 18.7. The van der Waals surface area contributed by atoms with Crippen LogP contribution in [0.5, 0.6) is 0 Å². The van der Waals surface area contributed by atoms with Crippen LogP contribution in [0, 0.1) is 11.3 Å². The highest BCUT2D eigenvalue weighted by Gasteiger charge is 2.44. The van der Waals surface area contributed by atoms with Gasteiger partial charge in [0.05, 0.1) is 0 Å². The number of hydrogen-bond acceptors (Lipinski definition) is 6. The molecule has 8 heteroatoms. The van der Waals surface area contributed by atoms with E-state index in [1.54, 1.807) is 11.9 Å². The van der Waals surface area contributed by atoms with Gasteiger partial charge in [0.25, 0.3) is 11.6 Å². The smallest absolute Gasteiger partial charge is 0.356 e. The topological polar surface area (TPSA) is 128 Å². The Hall–Kier alpha value is -2.75. The first-order valence-electron chi connectivity index (χ1n) is 5.20. The SMILES string of the molecule is CC1(C)OC(=O)C(=C2N=C(C#N)C(=C=[N-])[NH2+]2)C(=O)O1. The number of esters is 2.